The molecule has 0 radical (unpaired) electrons. The fraction of sp³-hybridized carbons (Fsp3) is 0.600. The Morgan fingerprint density at radius 3 is 1.90 bits per heavy atom. The van der Waals surface area contributed by atoms with Gasteiger partial charge < -0.3 is 71.5 Å². The summed E-state index contributed by atoms with van der Waals surface area (Å²) >= 11 is 0. The van der Waals surface area contributed by atoms with Gasteiger partial charge in [0.1, 0.15) is 36.4 Å². The van der Waals surface area contributed by atoms with Gasteiger partial charge in [0.05, 0.1) is 42.7 Å². The first-order valence-corrected chi connectivity index (χ1v) is 33.1. The van der Waals surface area contributed by atoms with Gasteiger partial charge in [-0.05, 0) is 118 Å². The molecular weight excluding hydrogens is 1230 g/mol. The summed E-state index contributed by atoms with van der Waals surface area (Å²) in [4.78, 5) is 139. The Balaban J connectivity index is 1.38. The summed E-state index contributed by atoms with van der Waals surface area (Å²) in [6.45, 7) is 22.4. The minimum atomic E-state index is -1.18. The van der Waals surface area contributed by atoms with Crippen LogP contribution in [0, 0.1) is 29.6 Å². The van der Waals surface area contributed by atoms with E-state index >= 15 is 0 Å². The largest absolute Gasteiger partial charge is 0.480 e. The summed E-state index contributed by atoms with van der Waals surface area (Å²) in [5.41, 5.74) is 7.33. The van der Waals surface area contributed by atoms with Gasteiger partial charge in [0.15, 0.2) is 0 Å². The van der Waals surface area contributed by atoms with E-state index in [1.807, 2.05) is 65.6 Å². The van der Waals surface area contributed by atoms with Crippen LogP contribution in [-0.2, 0) is 72.1 Å². The van der Waals surface area contributed by atoms with Crippen molar-refractivity contribution in [3.8, 4) is 0 Å². The van der Waals surface area contributed by atoms with Crippen LogP contribution >= 0.6 is 0 Å². The molecule has 10 amide bonds. The van der Waals surface area contributed by atoms with E-state index in [1.54, 1.807) is 125 Å². The molecule has 3 aromatic carbocycles. The number of likely N-dealkylation sites (tertiary alicyclic amines) is 1. The number of hydrogen-bond donors (Lipinski definition) is 9. The smallest absolute Gasteiger partial charge is 0.411 e. The molecule has 1 heterocycles. The molecule has 1 aliphatic heterocycles. The molecule has 11 atom stereocenters. The Morgan fingerprint density at radius 2 is 1.32 bits per heavy atom. The first-order valence-electron chi connectivity index (χ1n) is 33.1. The maximum absolute atomic E-state index is 14.9. The maximum Gasteiger partial charge on any atom is 0.411 e. The summed E-state index contributed by atoms with van der Waals surface area (Å²) in [6.07, 6.45) is -0.835. The number of anilines is 2. The molecule has 0 saturated carbocycles. The third-order valence-corrected chi connectivity index (χ3v) is 17.2. The van der Waals surface area contributed by atoms with E-state index in [0.29, 0.717) is 42.7 Å². The third-order valence-electron chi connectivity index (χ3n) is 17.2. The van der Waals surface area contributed by atoms with Crippen LogP contribution in [0.2, 0.25) is 0 Å². The highest BCUT2D eigenvalue weighted by atomic mass is 16.6. The number of carboxylic acid groups (broad SMARTS) is 1. The molecule has 0 aliphatic carbocycles. The molecule has 1 aliphatic rings. The number of aliphatic carboxylic acids is 1. The lowest BCUT2D eigenvalue weighted by Gasteiger charge is -2.41. The fourth-order valence-corrected chi connectivity index (χ4v) is 12.0. The van der Waals surface area contributed by atoms with Crippen LogP contribution in [0.3, 0.4) is 0 Å². The minimum Gasteiger partial charge on any atom is -0.480 e. The SMILES string of the molecule is CC[C@H](C)[C@@H]([C@@H](CC(=O)N1CCC[C@H]1[C@H](OC)[C@@H](C)C(=O)N[C@@H](Cc1ccccc1)C(=O)O)OC)N(C)C(=O)[C@@H](NC(=O)[C@H](C(C)C)N(C)Cc1cccc(NC(=O)OCc2ccc(NC(=O)[C@H](CCCNC(N)=O)NC(=O)[C@@H](NC(=O)OC(C)(C)C)C(C)C)cc2)c1)C(C)C. The zero-order chi connectivity index (χ0) is 71.7. The predicted molar refractivity (Wildman–Crippen MR) is 365 cm³/mol. The molecule has 1 saturated heterocycles. The van der Waals surface area contributed by atoms with E-state index in [2.05, 4.69) is 37.2 Å². The number of hydrogen-bond acceptors (Lipinski definition) is 15. The first-order chi connectivity index (χ1) is 45.2. The second-order valence-electron chi connectivity index (χ2n) is 27.0. The molecule has 0 aromatic heterocycles. The van der Waals surface area contributed by atoms with Crippen molar-refractivity contribution in [1.82, 2.24) is 41.3 Å². The molecule has 96 heavy (non-hydrogen) atoms. The van der Waals surface area contributed by atoms with Gasteiger partial charge in [-0.2, -0.15) is 0 Å². The summed E-state index contributed by atoms with van der Waals surface area (Å²) in [7, 11) is 6.46. The van der Waals surface area contributed by atoms with Crippen molar-refractivity contribution >= 4 is 71.0 Å². The second kappa shape index (κ2) is 38.4. The number of primary amides is 1. The number of amides is 10. The molecule has 1 fully saturated rings. The summed E-state index contributed by atoms with van der Waals surface area (Å²) in [5.74, 6) is -5.74. The maximum atomic E-state index is 14.9. The number of benzene rings is 3. The summed E-state index contributed by atoms with van der Waals surface area (Å²) < 4.78 is 22.9. The molecule has 0 unspecified atom stereocenters. The number of urea groups is 1. The van der Waals surface area contributed by atoms with E-state index in [4.69, 9.17) is 24.7 Å². The topological polar surface area (TPSA) is 348 Å². The number of nitrogens with zero attached hydrogens (tertiary/aromatic N) is 3. The van der Waals surface area contributed by atoms with Crippen LogP contribution < -0.4 is 43.0 Å². The van der Waals surface area contributed by atoms with Gasteiger partial charge in [0, 0.05) is 58.7 Å². The Labute approximate surface area is 566 Å². The number of carbonyl (C=O) groups excluding carboxylic acids is 9. The van der Waals surface area contributed by atoms with Gasteiger partial charge >= 0.3 is 24.2 Å². The van der Waals surface area contributed by atoms with Crippen molar-refractivity contribution in [2.75, 3.05) is 52.0 Å². The number of carbonyl (C=O) groups is 10. The normalized spacial score (nSPS) is 16.3. The van der Waals surface area contributed by atoms with Crippen LogP contribution in [0.5, 0.6) is 0 Å². The highest BCUT2D eigenvalue weighted by Gasteiger charge is 2.44. The van der Waals surface area contributed by atoms with Crippen molar-refractivity contribution < 1.29 is 72.0 Å². The van der Waals surface area contributed by atoms with Crippen LogP contribution in [0.4, 0.5) is 25.8 Å². The van der Waals surface area contributed by atoms with Crippen molar-refractivity contribution in [3.05, 3.63) is 95.6 Å². The van der Waals surface area contributed by atoms with E-state index in [9.17, 15) is 53.1 Å². The van der Waals surface area contributed by atoms with Gasteiger partial charge in [-0.3, -0.25) is 39.0 Å². The van der Waals surface area contributed by atoms with Crippen LogP contribution in [0.15, 0.2) is 78.9 Å². The number of methoxy groups -OCH3 is 2. The third kappa shape index (κ3) is 25.0. The van der Waals surface area contributed by atoms with Crippen LogP contribution in [-0.4, -0.2) is 181 Å². The van der Waals surface area contributed by atoms with Gasteiger partial charge in [-0.25, -0.2) is 19.2 Å². The molecule has 0 bridgehead atoms. The second-order valence-corrected chi connectivity index (χ2v) is 27.0. The van der Waals surface area contributed by atoms with Crippen molar-refractivity contribution in [1.29, 1.82) is 0 Å². The zero-order valence-electron chi connectivity index (χ0n) is 58.9. The number of nitrogens with two attached hydrogens (primary N) is 1. The number of alkyl carbamates (subject to hydrolysis) is 1. The van der Waals surface area contributed by atoms with Crippen LogP contribution in [0.25, 0.3) is 0 Å². The van der Waals surface area contributed by atoms with Crippen LogP contribution in [0.1, 0.15) is 138 Å². The summed E-state index contributed by atoms with van der Waals surface area (Å²) in [5, 5.41) is 29.1. The number of likely N-dealkylation sites (N-methyl/N-ethyl adjacent to an activating group) is 2. The van der Waals surface area contributed by atoms with E-state index in [1.165, 1.54) is 14.2 Å². The molecule has 4 rings (SSSR count). The minimum absolute atomic E-state index is 0.0886. The van der Waals surface area contributed by atoms with Crippen molar-refractivity contribution in [2.24, 2.45) is 35.3 Å². The van der Waals surface area contributed by atoms with Gasteiger partial charge in [0.25, 0.3) is 0 Å². The quantitative estimate of drug-likeness (QED) is 0.0260. The average molecular weight is 1340 g/mol. The Kier molecular flexibility index (Phi) is 32.0. The highest BCUT2D eigenvalue weighted by Crippen LogP contribution is 2.30. The van der Waals surface area contributed by atoms with E-state index < -0.39 is 108 Å². The average Bonchev–Trinajstić information content (AvgIpc) is 1.17. The number of ether oxygens (including phenoxy) is 4. The fourth-order valence-electron chi connectivity index (χ4n) is 12.0. The predicted octanol–water partition coefficient (Wildman–Crippen LogP) is 7.19. The molecule has 532 valence electrons. The van der Waals surface area contributed by atoms with Gasteiger partial charge in [0.2, 0.25) is 35.4 Å². The van der Waals surface area contributed by atoms with Crippen molar-refractivity contribution in [2.45, 2.75) is 201 Å². The van der Waals surface area contributed by atoms with E-state index in [0.717, 1.165) is 11.1 Å². The lowest BCUT2D eigenvalue weighted by atomic mass is 9.89. The molecule has 26 nitrogen and oxygen atoms in total. The lowest BCUT2D eigenvalue weighted by Crippen LogP contribution is -2.60. The van der Waals surface area contributed by atoms with Crippen molar-refractivity contribution in [3.63, 3.8) is 0 Å². The Hall–Kier alpha value is -8.36. The zero-order valence-corrected chi connectivity index (χ0v) is 58.9. The molecule has 0 spiro atoms. The molecule has 26 heteroatoms. The molecule has 10 N–H and O–H groups in total. The Morgan fingerprint density at radius 1 is 0.688 bits per heavy atom. The van der Waals surface area contributed by atoms with E-state index in [-0.39, 0.29) is 86.8 Å². The molecular formula is C70H107N11O15. The van der Waals surface area contributed by atoms with Gasteiger partial charge in [-0.1, -0.05) is 123 Å². The summed E-state index contributed by atoms with van der Waals surface area (Å²) in [6, 6.07) is 15.8. The number of nitrogens with one attached hydrogen (secondary N) is 7. The number of carboxylic acids is 1. The first kappa shape index (κ1) is 80.1. The van der Waals surface area contributed by atoms with Gasteiger partial charge in [-0.15, -0.1) is 0 Å². The Bertz CT molecular complexity index is 3050. The molecule has 3 aromatic rings. The lowest BCUT2D eigenvalue weighted by molar-refractivity contribution is -0.148. The standard InChI is InChI=1S/C70H107N11O15/c1-17-44(8)59(54(93-15)38-55(82)81-35-23-29-53(81)60(94-16)45(9)61(83)76-52(66(88)89)37-46-24-19-18-20-25-46)80(14)65(87)57(42(4)5)77-64(86)58(43(6)7)79(13)39-48-26-21-27-50(36-48)74-68(91)95-40-47-30-32-49(33-31-47)73-62(84)51(28-22-34-72-67(71)90)75-63(85)56(41(2)3)78-69(92)96-70(10,11)12/h18-21,24-27,30-33,36,41-45,51-54,56-60H,17,22-23,28-29,34-35,37-40H2,1-16H3,(H,73,84)(H,74,91)(H,75,85)(H,76,83)(H,77,86)(H,78,92)(H,88,89)(H3,71,72,90)/t44-,45+,51-,52-,53-,54+,56-,57-,58-,59-,60+/m0/s1. The monoisotopic (exact) mass is 1340 g/mol. The highest BCUT2D eigenvalue weighted by molar-refractivity contribution is 5.98. The number of rotatable bonds is 36.